The van der Waals surface area contributed by atoms with Gasteiger partial charge in [0.1, 0.15) is 0 Å². The molecule has 0 aliphatic heterocycles. The van der Waals surface area contributed by atoms with E-state index in [1.807, 2.05) is 36.0 Å². The van der Waals surface area contributed by atoms with Crippen molar-refractivity contribution in [2.45, 2.75) is 26.3 Å². The Morgan fingerprint density at radius 3 is 2.63 bits per heavy atom. The maximum atomic E-state index is 12.0. The van der Waals surface area contributed by atoms with Crippen LogP contribution in [-0.4, -0.2) is 47.8 Å². The number of rotatable bonds is 10. The summed E-state index contributed by atoms with van der Waals surface area (Å²) in [7, 11) is 0. The third-order valence-electron chi connectivity index (χ3n) is 3.76. The Labute approximate surface area is 168 Å². The molecule has 1 aromatic carbocycles. The van der Waals surface area contributed by atoms with Crippen molar-refractivity contribution >= 4 is 27.8 Å². The molecule has 1 aromatic heterocycles. The summed E-state index contributed by atoms with van der Waals surface area (Å²) < 4.78 is 2.87. The molecule has 0 bridgehead atoms. The van der Waals surface area contributed by atoms with E-state index in [9.17, 15) is 4.79 Å². The summed E-state index contributed by atoms with van der Waals surface area (Å²) in [6.07, 6.45) is 5.49. The van der Waals surface area contributed by atoms with E-state index in [-0.39, 0.29) is 5.91 Å². The molecule has 8 heteroatoms. The van der Waals surface area contributed by atoms with E-state index >= 15 is 0 Å². The van der Waals surface area contributed by atoms with Crippen molar-refractivity contribution in [1.29, 1.82) is 0 Å². The van der Waals surface area contributed by atoms with Gasteiger partial charge in [0.2, 0.25) is 0 Å². The van der Waals surface area contributed by atoms with Gasteiger partial charge in [0, 0.05) is 55.2 Å². The maximum absolute atomic E-state index is 12.0. The molecule has 27 heavy (non-hydrogen) atoms. The first kappa shape index (κ1) is 21.0. The highest BCUT2D eigenvalue weighted by atomic mass is 79.9. The predicted molar refractivity (Wildman–Crippen MR) is 112 cm³/mol. The molecule has 0 spiro atoms. The van der Waals surface area contributed by atoms with Crippen LogP contribution in [0.25, 0.3) is 0 Å². The lowest BCUT2D eigenvalue weighted by Crippen LogP contribution is -2.39. The quantitative estimate of drug-likeness (QED) is 0.304. The van der Waals surface area contributed by atoms with Gasteiger partial charge in [-0.25, -0.2) is 0 Å². The molecule has 3 N–H and O–H groups in total. The van der Waals surface area contributed by atoms with Gasteiger partial charge in [-0.3, -0.25) is 14.5 Å². The topological polar surface area (TPSA) is 83.3 Å². The molecule has 146 valence electrons. The van der Waals surface area contributed by atoms with Crippen LogP contribution >= 0.6 is 15.9 Å². The molecule has 0 aliphatic carbocycles. The summed E-state index contributed by atoms with van der Waals surface area (Å²) >= 11 is 3.36. The molecule has 2 aromatic rings. The predicted octanol–water partition coefficient (Wildman–Crippen LogP) is 2.41. The summed E-state index contributed by atoms with van der Waals surface area (Å²) in [5.74, 6) is 0.749. The van der Waals surface area contributed by atoms with E-state index in [1.54, 1.807) is 18.3 Å². The van der Waals surface area contributed by atoms with Crippen LogP contribution in [0.2, 0.25) is 0 Å². The number of aryl methyl sites for hydroxylation is 1. The first-order valence-corrected chi connectivity index (χ1v) is 10.0. The second-order valence-corrected chi connectivity index (χ2v) is 6.84. The normalized spacial score (nSPS) is 11.3. The van der Waals surface area contributed by atoms with Crippen molar-refractivity contribution in [2.75, 3.05) is 26.2 Å². The van der Waals surface area contributed by atoms with Gasteiger partial charge in [0.05, 0.1) is 0 Å². The van der Waals surface area contributed by atoms with Crippen LogP contribution in [0.15, 0.2) is 52.2 Å². The van der Waals surface area contributed by atoms with Gasteiger partial charge in [-0.2, -0.15) is 5.10 Å². The monoisotopic (exact) mass is 434 g/mol. The summed E-state index contributed by atoms with van der Waals surface area (Å²) in [5.41, 5.74) is 0.665. The number of carbonyl (C=O) groups excluding carboxylic acids is 1. The zero-order valence-corrected chi connectivity index (χ0v) is 17.2. The van der Waals surface area contributed by atoms with Gasteiger partial charge in [-0.05, 0) is 50.1 Å². The molecule has 0 radical (unpaired) electrons. The van der Waals surface area contributed by atoms with Crippen molar-refractivity contribution < 1.29 is 4.79 Å². The average Bonchev–Trinajstić information content (AvgIpc) is 3.18. The molecular formula is C19H27BrN6O. The van der Waals surface area contributed by atoms with E-state index < -0.39 is 0 Å². The Morgan fingerprint density at radius 1 is 1.15 bits per heavy atom. The lowest BCUT2D eigenvalue weighted by atomic mass is 10.2. The third kappa shape index (κ3) is 8.25. The Balaban J connectivity index is 1.62. The molecule has 0 saturated heterocycles. The number of guanidine groups is 1. The third-order valence-corrected chi connectivity index (χ3v) is 4.29. The van der Waals surface area contributed by atoms with Crippen molar-refractivity contribution in [1.82, 2.24) is 25.7 Å². The largest absolute Gasteiger partial charge is 0.357 e. The SMILES string of the molecule is CCNC(=NCCCn1cccn1)NCCCNC(=O)c1ccc(Br)cc1. The number of nitrogens with zero attached hydrogens (tertiary/aromatic N) is 3. The van der Waals surface area contributed by atoms with Crippen LogP contribution in [-0.2, 0) is 6.54 Å². The number of nitrogens with one attached hydrogen (secondary N) is 3. The number of aliphatic imine (C=N–C) groups is 1. The molecule has 0 saturated carbocycles. The second kappa shape index (κ2) is 12.1. The van der Waals surface area contributed by atoms with E-state index in [0.717, 1.165) is 49.5 Å². The molecule has 1 heterocycles. The number of halogens is 1. The second-order valence-electron chi connectivity index (χ2n) is 5.93. The Kier molecular flexibility index (Phi) is 9.40. The summed E-state index contributed by atoms with van der Waals surface area (Å²) in [6.45, 7) is 5.80. The molecular weight excluding hydrogens is 408 g/mol. The van der Waals surface area contributed by atoms with Gasteiger partial charge in [0.15, 0.2) is 5.96 Å². The standard InChI is InChI=1S/C19H27BrN6O/c1-2-21-19(24-12-4-14-26-15-5-13-25-26)23-11-3-10-22-18(27)16-6-8-17(20)9-7-16/h5-9,13,15H,2-4,10-12,14H2,1H3,(H,22,27)(H2,21,23,24). The van der Waals surface area contributed by atoms with Crippen molar-refractivity contribution in [3.05, 3.63) is 52.8 Å². The van der Waals surface area contributed by atoms with Crippen LogP contribution in [0.4, 0.5) is 0 Å². The first-order chi connectivity index (χ1) is 13.2. The van der Waals surface area contributed by atoms with E-state index in [1.165, 1.54) is 0 Å². The minimum atomic E-state index is -0.0540. The fourth-order valence-corrected chi connectivity index (χ4v) is 2.66. The lowest BCUT2D eigenvalue weighted by Gasteiger charge is -2.11. The highest BCUT2D eigenvalue weighted by Gasteiger charge is 2.04. The molecule has 0 aliphatic rings. The fourth-order valence-electron chi connectivity index (χ4n) is 2.40. The van der Waals surface area contributed by atoms with Crippen LogP contribution in [0.5, 0.6) is 0 Å². The zero-order chi connectivity index (χ0) is 19.3. The Hall–Kier alpha value is -2.35. The number of benzene rings is 1. The number of hydrogen-bond donors (Lipinski definition) is 3. The van der Waals surface area contributed by atoms with Gasteiger partial charge in [-0.1, -0.05) is 15.9 Å². The van der Waals surface area contributed by atoms with Crippen molar-refractivity contribution in [2.24, 2.45) is 4.99 Å². The van der Waals surface area contributed by atoms with E-state index in [2.05, 4.69) is 42.0 Å². The summed E-state index contributed by atoms with van der Waals surface area (Å²) in [6, 6.07) is 9.25. The maximum Gasteiger partial charge on any atom is 0.251 e. The minimum absolute atomic E-state index is 0.0540. The number of amides is 1. The molecule has 0 fully saturated rings. The van der Waals surface area contributed by atoms with Crippen LogP contribution in [0, 0.1) is 0 Å². The van der Waals surface area contributed by atoms with Crippen LogP contribution in [0.3, 0.4) is 0 Å². The number of hydrogen-bond acceptors (Lipinski definition) is 3. The fraction of sp³-hybridized carbons (Fsp3) is 0.421. The number of aromatic nitrogens is 2. The highest BCUT2D eigenvalue weighted by Crippen LogP contribution is 2.10. The highest BCUT2D eigenvalue weighted by molar-refractivity contribution is 9.10. The Morgan fingerprint density at radius 2 is 1.93 bits per heavy atom. The van der Waals surface area contributed by atoms with Crippen molar-refractivity contribution in [3.63, 3.8) is 0 Å². The molecule has 0 unspecified atom stereocenters. The smallest absolute Gasteiger partial charge is 0.251 e. The zero-order valence-electron chi connectivity index (χ0n) is 15.6. The first-order valence-electron chi connectivity index (χ1n) is 9.22. The molecule has 2 rings (SSSR count). The van der Waals surface area contributed by atoms with Gasteiger partial charge in [0.25, 0.3) is 5.91 Å². The average molecular weight is 435 g/mol. The van der Waals surface area contributed by atoms with Gasteiger partial charge >= 0.3 is 0 Å². The van der Waals surface area contributed by atoms with Crippen LogP contribution in [0.1, 0.15) is 30.1 Å². The number of carbonyl (C=O) groups is 1. The Bertz CT molecular complexity index is 699. The molecule has 0 atom stereocenters. The van der Waals surface area contributed by atoms with E-state index in [4.69, 9.17) is 0 Å². The molecule has 7 nitrogen and oxygen atoms in total. The lowest BCUT2D eigenvalue weighted by molar-refractivity contribution is 0.0953. The van der Waals surface area contributed by atoms with Crippen LogP contribution < -0.4 is 16.0 Å². The summed E-state index contributed by atoms with van der Waals surface area (Å²) in [5, 5.41) is 13.6. The van der Waals surface area contributed by atoms with Gasteiger partial charge in [-0.15, -0.1) is 0 Å². The minimum Gasteiger partial charge on any atom is -0.357 e. The van der Waals surface area contributed by atoms with Gasteiger partial charge < -0.3 is 16.0 Å². The summed E-state index contributed by atoms with van der Waals surface area (Å²) in [4.78, 5) is 16.6. The van der Waals surface area contributed by atoms with E-state index in [0.29, 0.717) is 12.1 Å². The molecule has 1 amide bonds. The van der Waals surface area contributed by atoms with Crippen molar-refractivity contribution in [3.8, 4) is 0 Å².